The van der Waals surface area contributed by atoms with E-state index in [9.17, 15) is 4.79 Å². The molecule has 18 heavy (non-hydrogen) atoms. The molecule has 2 rings (SSSR count). The smallest absolute Gasteiger partial charge is 0.322 e. The molecule has 0 saturated carbocycles. The van der Waals surface area contributed by atoms with E-state index >= 15 is 0 Å². The molecule has 102 valence electrons. The largest absolute Gasteiger partial charge is 0.468 e. The Balaban J connectivity index is 0.00000162. The lowest BCUT2D eigenvalue weighted by molar-refractivity contribution is -0.147. The van der Waals surface area contributed by atoms with Gasteiger partial charge >= 0.3 is 5.97 Å². The lowest BCUT2D eigenvalue weighted by Crippen LogP contribution is -2.47. The van der Waals surface area contributed by atoms with Crippen molar-refractivity contribution in [3.8, 4) is 0 Å². The maximum absolute atomic E-state index is 11.6. The van der Waals surface area contributed by atoms with Crippen LogP contribution in [0, 0.1) is 0 Å². The highest BCUT2D eigenvalue weighted by atomic mass is 35.5. The van der Waals surface area contributed by atoms with E-state index in [1.165, 1.54) is 17.6 Å². The summed E-state index contributed by atoms with van der Waals surface area (Å²) in [6.45, 7) is 3.28. The summed E-state index contributed by atoms with van der Waals surface area (Å²) < 4.78 is 4.81. The molecule has 4 nitrogen and oxygen atoms in total. The normalized spacial score (nSPS) is 20.7. The Morgan fingerprint density at radius 2 is 2.44 bits per heavy atom. The number of hydrogen-bond acceptors (Lipinski definition) is 5. The highest BCUT2D eigenvalue weighted by Crippen LogP contribution is 2.34. The van der Waals surface area contributed by atoms with Crippen molar-refractivity contribution in [1.82, 2.24) is 4.90 Å². The molecule has 1 aliphatic heterocycles. The second-order valence-corrected chi connectivity index (χ2v) is 5.20. The van der Waals surface area contributed by atoms with Crippen LogP contribution in [-0.2, 0) is 16.0 Å². The monoisotopic (exact) mass is 290 g/mol. The quantitative estimate of drug-likeness (QED) is 0.859. The first-order valence-corrected chi connectivity index (χ1v) is 6.67. The van der Waals surface area contributed by atoms with Gasteiger partial charge in [-0.15, -0.1) is 23.7 Å². The molecule has 1 aromatic rings. The molecule has 0 fully saturated rings. The first-order chi connectivity index (χ1) is 8.19. The van der Waals surface area contributed by atoms with Gasteiger partial charge in [0.15, 0.2) is 0 Å². The maximum Gasteiger partial charge on any atom is 0.322 e. The summed E-state index contributed by atoms with van der Waals surface area (Å²) in [5.41, 5.74) is 7.23. The number of nitrogens with zero attached hydrogens (tertiary/aromatic N) is 1. The Hall–Kier alpha value is -0.620. The second kappa shape index (κ2) is 6.52. The van der Waals surface area contributed by atoms with E-state index in [0.29, 0.717) is 6.54 Å². The highest BCUT2D eigenvalue weighted by Gasteiger charge is 2.33. The van der Waals surface area contributed by atoms with Crippen LogP contribution in [0.3, 0.4) is 0 Å². The van der Waals surface area contributed by atoms with E-state index < -0.39 is 0 Å². The van der Waals surface area contributed by atoms with Crippen LogP contribution in [0.15, 0.2) is 11.4 Å². The van der Waals surface area contributed by atoms with E-state index in [-0.39, 0.29) is 30.5 Å². The van der Waals surface area contributed by atoms with Crippen molar-refractivity contribution in [2.24, 2.45) is 5.73 Å². The average Bonchev–Trinajstić information content (AvgIpc) is 2.83. The second-order valence-electron chi connectivity index (χ2n) is 4.25. The fraction of sp³-hybridized carbons (Fsp3) is 0.583. The number of carbonyl (C=O) groups excluding carboxylic acids is 1. The van der Waals surface area contributed by atoms with Gasteiger partial charge in [0.25, 0.3) is 0 Å². The third-order valence-electron chi connectivity index (χ3n) is 3.39. The van der Waals surface area contributed by atoms with Crippen LogP contribution in [0.4, 0.5) is 0 Å². The van der Waals surface area contributed by atoms with E-state index in [1.54, 1.807) is 11.3 Å². The number of thiophene rings is 1. The standard InChI is InChI=1S/C12H18N2O2S.ClH/c1-8(12(15)16-2)14-5-3-9-4-6-17-11(9)10(14)7-13;/h4,6,8,10H,3,5,7,13H2,1-2H3;1H. The van der Waals surface area contributed by atoms with Gasteiger partial charge in [-0.05, 0) is 30.4 Å². The zero-order valence-corrected chi connectivity index (χ0v) is 12.2. The Morgan fingerprint density at radius 3 is 3.06 bits per heavy atom. The lowest BCUT2D eigenvalue weighted by Gasteiger charge is -2.37. The number of carbonyl (C=O) groups is 1. The number of fused-ring (bicyclic) bond motifs is 1. The first kappa shape index (κ1) is 15.4. The molecule has 6 heteroatoms. The van der Waals surface area contributed by atoms with Crippen molar-refractivity contribution in [1.29, 1.82) is 0 Å². The molecule has 2 atom stereocenters. The summed E-state index contributed by atoms with van der Waals surface area (Å²) in [7, 11) is 1.43. The Morgan fingerprint density at radius 1 is 1.72 bits per heavy atom. The Labute approximate surface area is 118 Å². The molecule has 2 heterocycles. The van der Waals surface area contributed by atoms with Gasteiger partial charge in [0.1, 0.15) is 6.04 Å². The van der Waals surface area contributed by atoms with Crippen molar-refractivity contribution >= 4 is 29.7 Å². The van der Waals surface area contributed by atoms with Crippen LogP contribution < -0.4 is 5.73 Å². The molecular formula is C12H19ClN2O2S. The van der Waals surface area contributed by atoms with Crippen molar-refractivity contribution < 1.29 is 9.53 Å². The molecule has 0 radical (unpaired) electrons. The molecule has 0 aromatic carbocycles. The third kappa shape index (κ3) is 2.69. The fourth-order valence-corrected chi connectivity index (χ4v) is 3.50. The van der Waals surface area contributed by atoms with Gasteiger partial charge in [-0.25, -0.2) is 0 Å². The summed E-state index contributed by atoms with van der Waals surface area (Å²) >= 11 is 1.72. The van der Waals surface area contributed by atoms with Gasteiger partial charge < -0.3 is 10.5 Å². The van der Waals surface area contributed by atoms with Crippen LogP contribution >= 0.6 is 23.7 Å². The van der Waals surface area contributed by atoms with Crippen LogP contribution in [0.1, 0.15) is 23.4 Å². The number of nitrogens with two attached hydrogens (primary N) is 1. The zero-order valence-electron chi connectivity index (χ0n) is 10.6. The average molecular weight is 291 g/mol. The van der Waals surface area contributed by atoms with Crippen molar-refractivity contribution in [3.63, 3.8) is 0 Å². The van der Waals surface area contributed by atoms with Crippen molar-refractivity contribution in [2.45, 2.75) is 25.4 Å². The topological polar surface area (TPSA) is 55.6 Å². The van der Waals surface area contributed by atoms with E-state index in [0.717, 1.165) is 13.0 Å². The molecule has 1 aromatic heterocycles. The molecule has 0 aliphatic carbocycles. The van der Waals surface area contributed by atoms with Gasteiger partial charge in [-0.3, -0.25) is 9.69 Å². The lowest BCUT2D eigenvalue weighted by atomic mass is 10.00. The molecule has 2 N–H and O–H groups in total. The SMILES string of the molecule is COC(=O)C(C)N1CCc2ccsc2C1CN.Cl. The predicted molar refractivity (Wildman–Crippen MR) is 75.3 cm³/mol. The highest BCUT2D eigenvalue weighted by molar-refractivity contribution is 7.10. The van der Waals surface area contributed by atoms with E-state index in [2.05, 4.69) is 16.3 Å². The Bertz CT molecular complexity index is 411. The first-order valence-electron chi connectivity index (χ1n) is 5.79. The minimum absolute atomic E-state index is 0. The van der Waals surface area contributed by atoms with Gasteiger partial charge in [-0.2, -0.15) is 0 Å². The summed E-state index contributed by atoms with van der Waals surface area (Å²) in [4.78, 5) is 15.1. The molecule has 1 aliphatic rings. The number of hydrogen-bond donors (Lipinski definition) is 1. The van der Waals surface area contributed by atoms with Crippen LogP contribution in [-0.4, -0.2) is 37.1 Å². The number of ether oxygens (including phenoxy) is 1. The predicted octanol–water partition coefficient (Wildman–Crippen LogP) is 1.59. The van der Waals surface area contributed by atoms with Crippen molar-refractivity contribution in [2.75, 3.05) is 20.2 Å². The maximum atomic E-state index is 11.6. The van der Waals surface area contributed by atoms with Gasteiger partial charge in [0.2, 0.25) is 0 Å². The zero-order chi connectivity index (χ0) is 12.4. The minimum Gasteiger partial charge on any atom is -0.468 e. The number of methoxy groups -OCH3 is 1. The number of rotatable bonds is 3. The number of esters is 1. The molecule has 2 unspecified atom stereocenters. The van der Waals surface area contributed by atoms with Gasteiger partial charge in [0.05, 0.1) is 13.2 Å². The van der Waals surface area contributed by atoms with Crippen LogP contribution in [0.2, 0.25) is 0 Å². The molecule has 0 amide bonds. The van der Waals surface area contributed by atoms with E-state index in [1.807, 2.05) is 6.92 Å². The molecule has 0 spiro atoms. The van der Waals surface area contributed by atoms with Crippen molar-refractivity contribution in [3.05, 3.63) is 21.9 Å². The van der Waals surface area contributed by atoms with Crippen LogP contribution in [0.5, 0.6) is 0 Å². The number of halogens is 1. The fourth-order valence-electron chi connectivity index (χ4n) is 2.41. The molecule has 0 bridgehead atoms. The van der Waals surface area contributed by atoms with Gasteiger partial charge in [0, 0.05) is 18.0 Å². The van der Waals surface area contributed by atoms with Gasteiger partial charge in [-0.1, -0.05) is 0 Å². The van der Waals surface area contributed by atoms with E-state index in [4.69, 9.17) is 10.5 Å². The molecule has 0 saturated heterocycles. The summed E-state index contributed by atoms with van der Waals surface area (Å²) in [6.07, 6.45) is 0.983. The Kier molecular flexibility index (Phi) is 5.59. The third-order valence-corrected chi connectivity index (χ3v) is 4.45. The summed E-state index contributed by atoms with van der Waals surface area (Å²) in [6, 6.07) is 2.07. The molecular weight excluding hydrogens is 272 g/mol. The summed E-state index contributed by atoms with van der Waals surface area (Å²) in [5, 5.41) is 2.10. The van der Waals surface area contributed by atoms with Crippen LogP contribution in [0.25, 0.3) is 0 Å². The minimum atomic E-state index is -0.233. The summed E-state index contributed by atoms with van der Waals surface area (Å²) in [5.74, 6) is -0.191.